The summed E-state index contributed by atoms with van der Waals surface area (Å²) in [5.41, 5.74) is 6.25. The largest absolute Gasteiger partial charge is 0.383 e. The fourth-order valence-electron chi connectivity index (χ4n) is 4.66. The van der Waals surface area contributed by atoms with E-state index >= 15 is 0 Å². The van der Waals surface area contributed by atoms with Crippen molar-refractivity contribution in [3.8, 4) is 6.07 Å². The van der Waals surface area contributed by atoms with Gasteiger partial charge in [0.2, 0.25) is 0 Å². The molecule has 0 saturated carbocycles. The number of aliphatic imine (C=N–C) groups is 1. The normalized spacial score (nSPS) is 30.6. The van der Waals surface area contributed by atoms with Gasteiger partial charge in [-0.05, 0) is 41.0 Å². The molecule has 9 nitrogen and oxygen atoms in total. The molecule has 0 spiro atoms. The highest BCUT2D eigenvalue weighted by atomic mass is 31.2. The number of hydrogen-bond donors (Lipinski definition) is 1. The molecule has 5 atom stereocenters. The second-order valence-electron chi connectivity index (χ2n) is 9.31. The fourth-order valence-corrected chi connectivity index (χ4v) is 6.51. The van der Waals surface area contributed by atoms with Crippen LogP contribution in [-0.4, -0.2) is 65.2 Å². The van der Waals surface area contributed by atoms with Crippen LogP contribution >= 0.6 is 8.53 Å². The van der Waals surface area contributed by atoms with Crippen LogP contribution in [0.25, 0.3) is 0 Å². The molecule has 10 heteroatoms. The summed E-state index contributed by atoms with van der Waals surface area (Å²) in [6.45, 7) is 17.9. The second kappa shape index (κ2) is 10.8. The van der Waals surface area contributed by atoms with Crippen molar-refractivity contribution in [2.75, 3.05) is 19.8 Å². The Kier molecular flexibility index (Phi) is 8.55. The van der Waals surface area contributed by atoms with Crippen LogP contribution in [0, 0.1) is 17.2 Å². The van der Waals surface area contributed by atoms with Crippen molar-refractivity contribution in [1.82, 2.24) is 9.57 Å². The Bertz CT molecular complexity index is 818. The van der Waals surface area contributed by atoms with E-state index < -0.39 is 14.1 Å². The first-order valence-corrected chi connectivity index (χ1v) is 12.8. The van der Waals surface area contributed by atoms with Crippen molar-refractivity contribution < 1.29 is 18.5 Å². The molecular weight excluding hydrogens is 441 g/mol. The maximum Gasteiger partial charge on any atom is 0.259 e. The Morgan fingerprint density at radius 1 is 1.42 bits per heavy atom. The van der Waals surface area contributed by atoms with Crippen LogP contribution in [0.5, 0.6) is 0 Å². The van der Waals surface area contributed by atoms with Crippen LogP contribution in [-0.2, 0) is 18.5 Å². The second-order valence-corrected chi connectivity index (χ2v) is 10.7. The van der Waals surface area contributed by atoms with E-state index in [1.807, 2.05) is 18.0 Å². The minimum atomic E-state index is -1.41. The smallest absolute Gasteiger partial charge is 0.259 e. The Hall–Kier alpha value is -1.53. The molecule has 3 heterocycles. The Labute approximate surface area is 199 Å². The van der Waals surface area contributed by atoms with Crippen molar-refractivity contribution in [2.45, 2.75) is 84.4 Å². The molecule has 0 aliphatic carbocycles. The molecule has 0 aromatic heterocycles. The number of nitrogens with two attached hydrogens (primary N) is 1. The molecule has 2 saturated heterocycles. The summed E-state index contributed by atoms with van der Waals surface area (Å²) < 4.78 is 27.9. The number of ether oxygens (including phenoxy) is 2. The summed E-state index contributed by atoms with van der Waals surface area (Å²) in [7, 11) is -1.41. The summed E-state index contributed by atoms with van der Waals surface area (Å²) in [6, 6.07) is 2.59. The molecular formula is C23H38N5O4P. The molecule has 0 radical (unpaired) electrons. The van der Waals surface area contributed by atoms with Gasteiger partial charge in [-0.1, -0.05) is 13.5 Å². The van der Waals surface area contributed by atoms with Crippen molar-refractivity contribution in [2.24, 2.45) is 16.6 Å². The van der Waals surface area contributed by atoms with Gasteiger partial charge in [-0.2, -0.15) is 5.26 Å². The van der Waals surface area contributed by atoms with E-state index in [-0.39, 0.29) is 30.3 Å². The fraction of sp³-hybridized carbons (Fsp3) is 0.739. The quantitative estimate of drug-likeness (QED) is 0.372. The molecule has 0 amide bonds. The van der Waals surface area contributed by atoms with E-state index in [2.05, 4.69) is 56.9 Å². The van der Waals surface area contributed by atoms with Crippen LogP contribution in [0.4, 0.5) is 0 Å². The minimum Gasteiger partial charge on any atom is -0.383 e. The van der Waals surface area contributed by atoms with E-state index in [1.165, 1.54) is 0 Å². The molecule has 33 heavy (non-hydrogen) atoms. The molecule has 3 rings (SSSR count). The third-order valence-corrected chi connectivity index (χ3v) is 8.42. The van der Waals surface area contributed by atoms with Crippen LogP contribution in [0.15, 0.2) is 29.2 Å². The van der Waals surface area contributed by atoms with Gasteiger partial charge in [0, 0.05) is 23.9 Å². The lowest BCUT2D eigenvalue weighted by Crippen LogP contribution is -2.51. The van der Waals surface area contributed by atoms with Crippen LogP contribution in [0.1, 0.15) is 54.4 Å². The first kappa shape index (κ1) is 26.1. The van der Waals surface area contributed by atoms with E-state index in [9.17, 15) is 0 Å². The Balaban J connectivity index is 1.91. The summed E-state index contributed by atoms with van der Waals surface area (Å²) in [4.78, 5) is 6.34. The number of nitrogens with zero attached hydrogens (tertiary/aromatic N) is 4. The van der Waals surface area contributed by atoms with Crippen molar-refractivity contribution in [3.05, 3.63) is 24.2 Å². The van der Waals surface area contributed by atoms with Gasteiger partial charge >= 0.3 is 0 Å². The van der Waals surface area contributed by atoms with E-state index in [4.69, 9.17) is 29.5 Å². The lowest BCUT2D eigenvalue weighted by molar-refractivity contribution is -0.142. The van der Waals surface area contributed by atoms with Crippen LogP contribution < -0.4 is 5.73 Å². The number of rotatable bonds is 10. The number of fused-ring (bicyclic) bond motifs is 2. The van der Waals surface area contributed by atoms with Gasteiger partial charge in [-0.25, -0.2) is 9.66 Å². The summed E-state index contributed by atoms with van der Waals surface area (Å²) >= 11 is 0. The maximum absolute atomic E-state index is 9.02. The molecule has 2 unspecified atom stereocenters. The third-order valence-electron chi connectivity index (χ3n) is 6.31. The van der Waals surface area contributed by atoms with Gasteiger partial charge < -0.3 is 29.2 Å². The average molecular weight is 480 g/mol. The van der Waals surface area contributed by atoms with E-state index in [0.29, 0.717) is 37.9 Å². The molecule has 0 aromatic rings. The predicted molar refractivity (Wildman–Crippen MR) is 129 cm³/mol. The standard InChI is InChI=1S/C23H38N5O4P/c1-8-23-14-29-13-19(22(31-23)27-12-17(6)21(25)26-18(27)7)20(23)32-33(30-11-9-10-24)28(15(2)3)16(4)5/h12,15-16,19-20,22H,7-9,11,13-14H2,1-6H3,(H2,25,26)/t19?,20-,22-,23+,33?/m1/s1. The molecule has 2 fully saturated rings. The third kappa shape index (κ3) is 5.27. The predicted octanol–water partition coefficient (Wildman–Crippen LogP) is 3.85. The lowest BCUT2D eigenvalue weighted by atomic mass is 9.86. The van der Waals surface area contributed by atoms with E-state index in [0.717, 1.165) is 12.0 Å². The Morgan fingerprint density at radius 3 is 2.73 bits per heavy atom. The molecule has 0 aromatic carbocycles. The molecule has 3 aliphatic rings. The molecule has 184 valence electrons. The highest BCUT2D eigenvalue weighted by molar-refractivity contribution is 7.44. The summed E-state index contributed by atoms with van der Waals surface area (Å²) in [5, 5.41) is 9.02. The first-order valence-electron chi connectivity index (χ1n) is 11.7. The van der Waals surface area contributed by atoms with Gasteiger partial charge in [-0.3, -0.25) is 0 Å². The van der Waals surface area contributed by atoms with Gasteiger partial charge in [0.15, 0.2) is 0 Å². The average Bonchev–Trinajstić information content (AvgIpc) is 2.91. The first-order chi connectivity index (χ1) is 15.6. The Morgan fingerprint density at radius 2 is 2.12 bits per heavy atom. The lowest BCUT2D eigenvalue weighted by Gasteiger charge is -2.42. The molecule has 2 N–H and O–H groups in total. The zero-order chi connectivity index (χ0) is 24.3. The molecule has 2 bridgehead atoms. The number of amidine groups is 1. The number of hydrogen-bond acceptors (Lipinski definition) is 9. The number of nitriles is 1. The summed E-state index contributed by atoms with van der Waals surface area (Å²) in [6.07, 6.45) is 2.41. The van der Waals surface area contributed by atoms with Gasteiger partial charge in [0.25, 0.3) is 8.53 Å². The highest BCUT2D eigenvalue weighted by Crippen LogP contribution is 2.54. The summed E-state index contributed by atoms with van der Waals surface area (Å²) in [5.74, 6) is 0.935. The topological polar surface area (TPSA) is 106 Å². The van der Waals surface area contributed by atoms with Crippen molar-refractivity contribution >= 4 is 14.4 Å². The minimum absolute atomic E-state index is 0.0697. The van der Waals surface area contributed by atoms with E-state index in [1.54, 1.807) is 0 Å². The SMILES string of the molecule is C=C1N=C(N)C(C)=CN1[C@@H]1O[C@@]2(CC)COCC1[C@H]2OP(OCCC#N)N(C(C)C)C(C)C. The maximum atomic E-state index is 9.02. The zero-order valence-corrected chi connectivity index (χ0v) is 21.5. The van der Waals surface area contributed by atoms with Crippen molar-refractivity contribution in [3.63, 3.8) is 0 Å². The highest BCUT2D eigenvalue weighted by Gasteiger charge is 2.60. The molecule has 3 aliphatic heterocycles. The van der Waals surface area contributed by atoms with Crippen LogP contribution in [0.2, 0.25) is 0 Å². The van der Waals surface area contributed by atoms with Crippen LogP contribution in [0.3, 0.4) is 0 Å². The van der Waals surface area contributed by atoms with Crippen molar-refractivity contribution in [1.29, 1.82) is 5.26 Å². The monoisotopic (exact) mass is 479 g/mol. The van der Waals surface area contributed by atoms with Gasteiger partial charge in [0.1, 0.15) is 29.6 Å². The van der Waals surface area contributed by atoms with Gasteiger partial charge in [-0.15, -0.1) is 0 Å². The van der Waals surface area contributed by atoms with Gasteiger partial charge in [0.05, 0.1) is 38.2 Å². The zero-order valence-electron chi connectivity index (χ0n) is 20.7.